The van der Waals surface area contributed by atoms with Crippen molar-refractivity contribution in [1.82, 2.24) is 5.32 Å². The molecule has 1 amide bonds. The second-order valence-electron chi connectivity index (χ2n) is 5.03. The van der Waals surface area contributed by atoms with Gasteiger partial charge in [-0.05, 0) is 25.0 Å². The van der Waals surface area contributed by atoms with Gasteiger partial charge >= 0.3 is 5.97 Å². The molecule has 1 aromatic rings. The number of amides is 1. The van der Waals surface area contributed by atoms with E-state index in [9.17, 15) is 18.4 Å². The van der Waals surface area contributed by atoms with Crippen LogP contribution in [0.1, 0.15) is 32.3 Å². The van der Waals surface area contributed by atoms with Crippen LogP contribution in [0.3, 0.4) is 0 Å². The maximum Gasteiger partial charge on any atom is 0.331 e. The first-order chi connectivity index (χ1) is 9.82. The summed E-state index contributed by atoms with van der Waals surface area (Å²) in [6.07, 6.45) is 0.788. The van der Waals surface area contributed by atoms with Gasteiger partial charge in [0.25, 0.3) is 0 Å². The number of esters is 1. The smallest absolute Gasteiger partial charge is 0.331 e. The highest BCUT2D eigenvalue weighted by Crippen LogP contribution is 2.16. The molecule has 0 spiro atoms. The minimum atomic E-state index is -1.16. The van der Waals surface area contributed by atoms with Crippen LogP contribution in [0.4, 0.5) is 8.78 Å². The number of hydrogen-bond donors (Lipinski definition) is 1. The molecule has 1 unspecified atom stereocenters. The van der Waals surface area contributed by atoms with Gasteiger partial charge < -0.3 is 10.1 Å². The summed E-state index contributed by atoms with van der Waals surface area (Å²) in [5.41, 5.74) is -1.09. The van der Waals surface area contributed by atoms with Crippen molar-refractivity contribution in [3.8, 4) is 0 Å². The molecule has 4 nitrogen and oxygen atoms in total. The maximum atomic E-state index is 13.5. The SMILES string of the molecule is CCCC(C)(NC(=O)Cc1ccc(F)cc1F)C(=O)OC. The van der Waals surface area contributed by atoms with Crippen molar-refractivity contribution in [3.05, 3.63) is 35.4 Å². The summed E-state index contributed by atoms with van der Waals surface area (Å²) in [4.78, 5) is 23.7. The van der Waals surface area contributed by atoms with Crippen molar-refractivity contribution >= 4 is 11.9 Å². The van der Waals surface area contributed by atoms with E-state index in [-0.39, 0.29) is 12.0 Å². The average Bonchev–Trinajstić information content (AvgIpc) is 2.41. The number of hydrogen-bond acceptors (Lipinski definition) is 3. The number of nitrogens with one attached hydrogen (secondary N) is 1. The van der Waals surface area contributed by atoms with Crippen LogP contribution in [-0.4, -0.2) is 24.5 Å². The Hall–Kier alpha value is -1.98. The first-order valence-corrected chi connectivity index (χ1v) is 6.65. The normalized spacial score (nSPS) is 13.4. The lowest BCUT2D eigenvalue weighted by molar-refractivity contribution is -0.150. The highest BCUT2D eigenvalue weighted by molar-refractivity contribution is 5.88. The Morgan fingerprint density at radius 1 is 1.33 bits per heavy atom. The van der Waals surface area contributed by atoms with Crippen LogP contribution >= 0.6 is 0 Å². The summed E-state index contributed by atoms with van der Waals surface area (Å²) in [5, 5.41) is 2.56. The fraction of sp³-hybridized carbons (Fsp3) is 0.467. The van der Waals surface area contributed by atoms with Crippen molar-refractivity contribution in [1.29, 1.82) is 0 Å². The Kier molecular flexibility index (Phi) is 5.81. The lowest BCUT2D eigenvalue weighted by atomic mass is 9.95. The Balaban J connectivity index is 2.81. The summed E-state index contributed by atoms with van der Waals surface area (Å²) in [7, 11) is 1.24. The Labute approximate surface area is 122 Å². The average molecular weight is 299 g/mol. The van der Waals surface area contributed by atoms with E-state index < -0.39 is 29.0 Å². The van der Waals surface area contributed by atoms with Gasteiger partial charge in [-0.3, -0.25) is 4.79 Å². The molecule has 0 aliphatic heterocycles. The molecule has 0 fully saturated rings. The number of carbonyl (C=O) groups excluding carboxylic acids is 2. The van der Waals surface area contributed by atoms with Crippen molar-refractivity contribution in [2.75, 3.05) is 7.11 Å². The van der Waals surface area contributed by atoms with Crippen LogP contribution in [0.25, 0.3) is 0 Å². The zero-order valence-electron chi connectivity index (χ0n) is 12.3. The number of ether oxygens (including phenoxy) is 1. The molecule has 0 bridgehead atoms. The van der Waals surface area contributed by atoms with Crippen molar-refractivity contribution in [2.45, 2.75) is 38.6 Å². The zero-order chi connectivity index (χ0) is 16.0. The van der Waals surface area contributed by atoms with E-state index in [4.69, 9.17) is 0 Å². The topological polar surface area (TPSA) is 55.4 Å². The monoisotopic (exact) mass is 299 g/mol. The van der Waals surface area contributed by atoms with Gasteiger partial charge in [0.1, 0.15) is 17.2 Å². The molecule has 1 N–H and O–H groups in total. The summed E-state index contributed by atoms with van der Waals surface area (Å²) >= 11 is 0. The minimum Gasteiger partial charge on any atom is -0.467 e. The highest BCUT2D eigenvalue weighted by Gasteiger charge is 2.35. The van der Waals surface area contributed by atoms with Crippen LogP contribution in [0.2, 0.25) is 0 Å². The van der Waals surface area contributed by atoms with Crippen LogP contribution in [-0.2, 0) is 20.7 Å². The van der Waals surface area contributed by atoms with Crippen LogP contribution in [0.15, 0.2) is 18.2 Å². The molecule has 116 valence electrons. The van der Waals surface area contributed by atoms with Crippen LogP contribution in [0.5, 0.6) is 0 Å². The molecule has 1 rings (SSSR count). The number of carbonyl (C=O) groups is 2. The highest BCUT2D eigenvalue weighted by atomic mass is 19.1. The third kappa shape index (κ3) is 4.51. The van der Waals surface area contributed by atoms with Crippen molar-refractivity contribution in [2.24, 2.45) is 0 Å². The predicted molar refractivity (Wildman–Crippen MR) is 73.5 cm³/mol. The van der Waals surface area contributed by atoms with Crippen LogP contribution in [0, 0.1) is 11.6 Å². The molecule has 0 radical (unpaired) electrons. The van der Waals surface area contributed by atoms with Crippen LogP contribution < -0.4 is 5.32 Å². The first-order valence-electron chi connectivity index (χ1n) is 6.65. The molecule has 21 heavy (non-hydrogen) atoms. The summed E-state index contributed by atoms with van der Waals surface area (Å²) in [5.74, 6) is -2.58. The van der Waals surface area contributed by atoms with E-state index in [1.165, 1.54) is 13.2 Å². The summed E-state index contributed by atoms with van der Waals surface area (Å²) in [6, 6.07) is 3.00. The third-order valence-corrected chi connectivity index (χ3v) is 3.17. The van der Waals surface area contributed by atoms with Gasteiger partial charge in [-0.25, -0.2) is 13.6 Å². The second-order valence-corrected chi connectivity index (χ2v) is 5.03. The lowest BCUT2D eigenvalue weighted by Crippen LogP contribution is -2.53. The largest absolute Gasteiger partial charge is 0.467 e. The van der Waals surface area contributed by atoms with E-state index in [1.54, 1.807) is 6.92 Å². The molecule has 1 aromatic carbocycles. The maximum absolute atomic E-state index is 13.5. The zero-order valence-corrected chi connectivity index (χ0v) is 12.3. The number of benzene rings is 1. The van der Waals surface area contributed by atoms with E-state index in [1.807, 2.05) is 6.92 Å². The second kappa shape index (κ2) is 7.15. The number of rotatable bonds is 6. The van der Waals surface area contributed by atoms with Gasteiger partial charge in [-0.15, -0.1) is 0 Å². The van der Waals surface area contributed by atoms with E-state index >= 15 is 0 Å². The molecule has 1 atom stereocenters. The fourth-order valence-corrected chi connectivity index (χ4v) is 2.13. The minimum absolute atomic E-state index is 0.0672. The van der Waals surface area contributed by atoms with Gasteiger partial charge in [0.2, 0.25) is 5.91 Å². The molecule has 6 heteroatoms. The Bertz CT molecular complexity index is 534. The van der Waals surface area contributed by atoms with Crippen molar-refractivity contribution < 1.29 is 23.1 Å². The summed E-state index contributed by atoms with van der Waals surface area (Å²) < 4.78 is 31.0. The first kappa shape index (κ1) is 17.1. The van der Waals surface area contributed by atoms with E-state index in [0.717, 1.165) is 6.07 Å². The Morgan fingerprint density at radius 2 is 2.00 bits per heavy atom. The van der Waals surface area contributed by atoms with Crippen molar-refractivity contribution in [3.63, 3.8) is 0 Å². The number of methoxy groups -OCH3 is 1. The standard InChI is InChI=1S/C15H19F2NO3/c1-4-7-15(2,14(20)21-3)18-13(19)8-10-5-6-11(16)9-12(10)17/h5-6,9H,4,7-8H2,1-3H3,(H,18,19). The molecular formula is C15H19F2NO3. The molecular weight excluding hydrogens is 280 g/mol. The van der Waals surface area contributed by atoms with Gasteiger partial charge in [-0.1, -0.05) is 19.4 Å². The Morgan fingerprint density at radius 3 is 2.52 bits per heavy atom. The molecule has 0 aliphatic rings. The lowest BCUT2D eigenvalue weighted by Gasteiger charge is -2.27. The van der Waals surface area contributed by atoms with E-state index in [0.29, 0.717) is 18.9 Å². The van der Waals surface area contributed by atoms with Gasteiger partial charge in [0, 0.05) is 6.07 Å². The molecule has 0 heterocycles. The van der Waals surface area contributed by atoms with Gasteiger partial charge in [0.05, 0.1) is 13.5 Å². The molecule has 0 aliphatic carbocycles. The predicted octanol–water partition coefficient (Wildman–Crippen LogP) is 2.36. The molecule has 0 saturated carbocycles. The third-order valence-electron chi connectivity index (χ3n) is 3.17. The molecule has 0 saturated heterocycles. The fourth-order valence-electron chi connectivity index (χ4n) is 2.13. The molecule has 0 aromatic heterocycles. The quantitative estimate of drug-likeness (QED) is 0.820. The summed E-state index contributed by atoms with van der Waals surface area (Å²) in [6.45, 7) is 3.42. The van der Waals surface area contributed by atoms with Gasteiger partial charge in [0.15, 0.2) is 0 Å². The number of halogens is 2. The van der Waals surface area contributed by atoms with E-state index in [2.05, 4.69) is 10.1 Å². The van der Waals surface area contributed by atoms with Gasteiger partial charge in [-0.2, -0.15) is 0 Å².